The molecule has 0 bridgehead atoms. The van der Waals surface area contributed by atoms with Crippen molar-refractivity contribution in [2.24, 2.45) is 0 Å². The summed E-state index contributed by atoms with van der Waals surface area (Å²) in [7, 11) is 0. The molecule has 0 radical (unpaired) electrons. The Kier molecular flexibility index (Phi) is 7.05. The highest BCUT2D eigenvalue weighted by molar-refractivity contribution is 6.08. The number of amides is 2. The van der Waals surface area contributed by atoms with Gasteiger partial charge in [-0.15, -0.1) is 0 Å². The molecule has 2 aliphatic rings. The highest BCUT2D eigenvalue weighted by Crippen LogP contribution is 2.45. The zero-order valence-corrected chi connectivity index (χ0v) is 22.5. The molecule has 3 aromatic carbocycles. The third kappa shape index (κ3) is 4.66. The molecule has 2 aliphatic heterocycles. The first-order valence-corrected chi connectivity index (χ1v) is 13.0. The fourth-order valence-corrected chi connectivity index (χ4v) is 5.55. The predicted molar refractivity (Wildman–Crippen MR) is 152 cm³/mol. The smallest absolute Gasteiger partial charge is 0.331 e. The van der Waals surface area contributed by atoms with Crippen LogP contribution in [0.2, 0.25) is 0 Å². The molecule has 3 aromatic rings. The number of rotatable bonds is 10. The van der Waals surface area contributed by atoms with Crippen molar-refractivity contribution in [3.63, 3.8) is 0 Å². The van der Waals surface area contributed by atoms with Crippen molar-refractivity contribution in [3.05, 3.63) is 119 Å². The van der Waals surface area contributed by atoms with E-state index in [1.165, 1.54) is 9.80 Å². The molecule has 2 atom stereocenters. The summed E-state index contributed by atoms with van der Waals surface area (Å²) in [5, 5.41) is 41.2. The van der Waals surface area contributed by atoms with Crippen molar-refractivity contribution < 1.29 is 39.6 Å². The molecule has 0 spiro atoms. The van der Waals surface area contributed by atoms with Gasteiger partial charge in [-0.05, 0) is 23.3 Å². The van der Waals surface area contributed by atoms with Crippen LogP contribution in [-0.2, 0) is 43.5 Å². The van der Waals surface area contributed by atoms with Gasteiger partial charge in [-0.2, -0.15) is 0 Å². The summed E-state index contributed by atoms with van der Waals surface area (Å²) in [6, 6.07) is 20.4. The third-order valence-corrected chi connectivity index (χ3v) is 7.73. The van der Waals surface area contributed by atoms with E-state index >= 15 is 0 Å². The lowest BCUT2D eigenvalue weighted by atomic mass is 9.89. The number of carbonyl (C=O) groups excluding carboxylic acids is 2. The fraction of sp³-hybridized carbons (Fsp3) is 0.188. The molecule has 214 valence electrons. The lowest BCUT2D eigenvalue weighted by Gasteiger charge is -2.24. The maximum Gasteiger partial charge on any atom is 0.331 e. The van der Waals surface area contributed by atoms with Crippen molar-refractivity contribution in [2.45, 2.75) is 37.1 Å². The number of carboxylic acid groups (broad SMARTS) is 2. The summed E-state index contributed by atoms with van der Waals surface area (Å²) in [5.41, 5.74) is -1.72. The highest BCUT2D eigenvalue weighted by atomic mass is 16.4. The Hall–Kier alpha value is -5.06. The van der Waals surface area contributed by atoms with Gasteiger partial charge in [0.2, 0.25) is 0 Å². The van der Waals surface area contributed by atoms with Gasteiger partial charge in [0, 0.05) is 35.1 Å². The second-order valence-corrected chi connectivity index (χ2v) is 10.5. The highest BCUT2D eigenvalue weighted by Gasteiger charge is 2.51. The van der Waals surface area contributed by atoms with E-state index in [9.17, 15) is 39.6 Å². The predicted octanol–water partition coefficient (Wildman–Crippen LogP) is 3.22. The lowest BCUT2D eigenvalue weighted by molar-refractivity contribution is -0.139. The van der Waals surface area contributed by atoms with E-state index in [0.29, 0.717) is 33.6 Å². The average Bonchev–Trinajstić information content (AvgIpc) is 3.30. The first kappa shape index (κ1) is 28.5. The van der Waals surface area contributed by atoms with Crippen LogP contribution in [-0.4, -0.2) is 44.2 Å². The fourth-order valence-electron chi connectivity index (χ4n) is 5.55. The molecule has 0 aliphatic carbocycles. The van der Waals surface area contributed by atoms with Gasteiger partial charge < -0.3 is 30.2 Å². The number of carbonyl (C=O) groups is 4. The Balaban J connectivity index is 1.36. The van der Waals surface area contributed by atoms with Gasteiger partial charge in [-0.25, -0.2) is 9.59 Å². The van der Waals surface area contributed by atoms with E-state index in [1.54, 1.807) is 72.8 Å². The van der Waals surface area contributed by atoms with Crippen LogP contribution in [0, 0.1) is 0 Å². The van der Waals surface area contributed by atoms with Crippen LogP contribution in [0.4, 0.5) is 11.4 Å². The zero-order chi connectivity index (χ0) is 30.4. The van der Waals surface area contributed by atoms with Gasteiger partial charge in [0.05, 0.1) is 24.5 Å². The Morgan fingerprint density at radius 1 is 0.619 bits per heavy atom. The molecule has 10 nitrogen and oxygen atoms in total. The molecule has 2 unspecified atom stereocenters. The molecular weight excluding hydrogens is 540 g/mol. The van der Waals surface area contributed by atoms with E-state index < -0.39 is 47.8 Å². The first-order chi connectivity index (χ1) is 19.9. The molecule has 0 saturated carbocycles. The van der Waals surface area contributed by atoms with Crippen LogP contribution < -0.4 is 9.80 Å². The van der Waals surface area contributed by atoms with E-state index in [-0.39, 0.29) is 24.2 Å². The maximum atomic E-state index is 13.4. The molecule has 42 heavy (non-hydrogen) atoms. The average molecular weight is 569 g/mol. The Morgan fingerprint density at radius 2 is 0.952 bits per heavy atom. The molecule has 2 heterocycles. The number of aliphatic hydroxyl groups is 2. The van der Waals surface area contributed by atoms with Crippen molar-refractivity contribution in [2.75, 3.05) is 9.80 Å². The number of anilines is 2. The van der Waals surface area contributed by atoms with Crippen LogP contribution in [0.1, 0.15) is 35.1 Å². The normalized spacial score (nSPS) is 20.8. The maximum absolute atomic E-state index is 13.4. The minimum atomic E-state index is -2.06. The number of aliphatic carboxylic acids is 2. The minimum Gasteiger partial charge on any atom is -0.478 e. The summed E-state index contributed by atoms with van der Waals surface area (Å²) in [4.78, 5) is 52.4. The van der Waals surface area contributed by atoms with E-state index in [4.69, 9.17) is 0 Å². The molecule has 2 amide bonds. The van der Waals surface area contributed by atoms with Crippen molar-refractivity contribution in [1.82, 2.24) is 0 Å². The number of carboxylic acids is 2. The topological polar surface area (TPSA) is 156 Å². The van der Waals surface area contributed by atoms with Gasteiger partial charge in [0.1, 0.15) is 0 Å². The lowest BCUT2D eigenvalue weighted by Crippen LogP contribution is -2.41. The van der Waals surface area contributed by atoms with E-state index in [0.717, 1.165) is 0 Å². The molecule has 5 rings (SSSR count). The monoisotopic (exact) mass is 568 g/mol. The van der Waals surface area contributed by atoms with Crippen LogP contribution in [0.5, 0.6) is 0 Å². The molecular formula is C32H28N2O8. The third-order valence-electron chi connectivity index (χ3n) is 7.73. The summed E-state index contributed by atoms with van der Waals surface area (Å²) in [5.74, 6) is -3.91. The number of nitrogens with zero attached hydrogens (tertiary/aromatic N) is 2. The van der Waals surface area contributed by atoms with Crippen molar-refractivity contribution in [1.29, 1.82) is 0 Å². The molecule has 0 aromatic heterocycles. The zero-order valence-electron chi connectivity index (χ0n) is 22.5. The summed E-state index contributed by atoms with van der Waals surface area (Å²) < 4.78 is 0. The summed E-state index contributed by atoms with van der Waals surface area (Å²) in [6.45, 7) is 7.15. The second kappa shape index (κ2) is 10.4. The molecule has 4 N–H and O–H groups in total. The summed E-state index contributed by atoms with van der Waals surface area (Å²) in [6.07, 6.45) is -0.907. The minimum absolute atomic E-state index is 0.0977. The van der Waals surface area contributed by atoms with Gasteiger partial charge in [-0.1, -0.05) is 73.8 Å². The van der Waals surface area contributed by atoms with Gasteiger partial charge >= 0.3 is 11.9 Å². The standard InChI is InChI=1S/C32H28N2O8/c1-19(27(35)36)15-31(41)23-7-3-5-9-25(23)33(29(31)39)17-21-11-13-22(14-12-21)18-34-26-10-6-4-8-24(26)32(42,30(34)40)16-20(2)28(37)38/h3-14,41-42H,1-2,15-18H2,(H,35,36)(H,37,38). The molecule has 10 heteroatoms. The SMILES string of the molecule is C=C(CC1(O)C(=O)N(Cc2ccc(CN3C(=O)C(O)(CC(=C)C(=O)O)c4ccccc43)cc2)c2ccccc21)C(=O)O. The first-order valence-electron chi connectivity index (χ1n) is 13.0. The van der Waals surface area contributed by atoms with E-state index in [1.807, 2.05) is 0 Å². The number of hydrogen-bond donors (Lipinski definition) is 4. The quantitative estimate of drug-likeness (QED) is 0.272. The second-order valence-electron chi connectivity index (χ2n) is 10.5. The van der Waals surface area contributed by atoms with Crippen LogP contribution >= 0.6 is 0 Å². The molecule has 0 fully saturated rings. The largest absolute Gasteiger partial charge is 0.478 e. The van der Waals surface area contributed by atoms with Crippen LogP contribution in [0.3, 0.4) is 0 Å². The van der Waals surface area contributed by atoms with Crippen LogP contribution in [0.25, 0.3) is 0 Å². The summed E-state index contributed by atoms with van der Waals surface area (Å²) >= 11 is 0. The Morgan fingerprint density at radius 3 is 1.29 bits per heavy atom. The Labute approximate surface area is 241 Å². The number of para-hydroxylation sites is 2. The Bertz CT molecular complexity index is 1540. The number of benzene rings is 3. The van der Waals surface area contributed by atoms with Gasteiger partial charge in [-0.3, -0.25) is 9.59 Å². The van der Waals surface area contributed by atoms with E-state index in [2.05, 4.69) is 13.2 Å². The van der Waals surface area contributed by atoms with Crippen molar-refractivity contribution >= 4 is 35.1 Å². The van der Waals surface area contributed by atoms with Gasteiger partial charge in [0.25, 0.3) is 11.8 Å². The number of fused-ring (bicyclic) bond motifs is 2. The van der Waals surface area contributed by atoms with Crippen LogP contribution in [0.15, 0.2) is 97.1 Å². The molecule has 0 saturated heterocycles. The van der Waals surface area contributed by atoms with Crippen molar-refractivity contribution in [3.8, 4) is 0 Å². The number of hydrogen-bond acceptors (Lipinski definition) is 6. The van der Waals surface area contributed by atoms with Gasteiger partial charge in [0.15, 0.2) is 11.2 Å².